The van der Waals surface area contributed by atoms with E-state index >= 15 is 0 Å². The van der Waals surface area contributed by atoms with Gasteiger partial charge in [0, 0.05) is 18.7 Å². The van der Waals surface area contributed by atoms with E-state index in [1.165, 1.54) is 25.7 Å². The summed E-state index contributed by atoms with van der Waals surface area (Å²) in [7, 11) is 0. The highest BCUT2D eigenvalue weighted by Crippen LogP contribution is 2.44. The van der Waals surface area contributed by atoms with Crippen molar-refractivity contribution in [1.82, 2.24) is 5.32 Å². The summed E-state index contributed by atoms with van der Waals surface area (Å²) < 4.78 is 0.544. The highest BCUT2D eigenvalue weighted by molar-refractivity contribution is 9.10. The van der Waals surface area contributed by atoms with Gasteiger partial charge < -0.3 is 5.32 Å². The fraction of sp³-hybridized carbons (Fsp3) is 0.571. The number of nitrogens with one attached hydrogen (secondary N) is 1. The highest BCUT2D eigenvalue weighted by Gasteiger charge is 2.40. The molecule has 0 amide bonds. The van der Waals surface area contributed by atoms with E-state index < -0.39 is 0 Å². The smallest absolute Gasteiger partial charge is 0.283 e. The molecule has 4 nitrogen and oxygen atoms in total. The average molecular weight is 325 g/mol. The van der Waals surface area contributed by atoms with Crippen LogP contribution in [0.2, 0.25) is 0 Å². The third kappa shape index (κ3) is 3.15. The molecule has 2 saturated carbocycles. The van der Waals surface area contributed by atoms with Crippen molar-refractivity contribution in [3.05, 3.63) is 38.3 Å². The first-order valence-corrected chi connectivity index (χ1v) is 7.60. The van der Waals surface area contributed by atoms with E-state index in [9.17, 15) is 10.1 Å². The van der Waals surface area contributed by atoms with Gasteiger partial charge in [0.25, 0.3) is 5.69 Å². The van der Waals surface area contributed by atoms with Crippen molar-refractivity contribution in [2.24, 2.45) is 11.8 Å². The number of hydrogen-bond acceptors (Lipinski definition) is 3. The van der Waals surface area contributed by atoms with Crippen molar-refractivity contribution in [2.45, 2.75) is 38.3 Å². The predicted octanol–water partition coefficient (Wildman–Crippen LogP) is 3.64. The van der Waals surface area contributed by atoms with Crippen LogP contribution in [0.4, 0.5) is 5.69 Å². The molecule has 0 radical (unpaired) electrons. The lowest BCUT2D eigenvalue weighted by Gasteiger charge is -2.17. The van der Waals surface area contributed by atoms with E-state index in [2.05, 4.69) is 21.2 Å². The molecule has 0 heterocycles. The molecule has 0 aromatic heterocycles. The Kier molecular flexibility index (Phi) is 3.58. The molecule has 0 spiro atoms. The number of rotatable bonds is 6. The van der Waals surface area contributed by atoms with Crippen molar-refractivity contribution in [3.63, 3.8) is 0 Å². The van der Waals surface area contributed by atoms with Crippen molar-refractivity contribution in [2.75, 3.05) is 0 Å². The molecule has 102 valence electrons. The van der Waals surface area contributed by atoms with Gasteiger partial charge in [0.05, 0.1) is 9.40 Å². The van der Waals surface area contributed by atoms with Gasteiger partial charge in [0.15, 0.2) is 0 Å². The van der Waals surface area contributed by atoms with Crippen LogP contribution in [0.25, 0.3) is 0 Å². The maximum atomic E-state index is 10.9. The van der Waals surface area contributed by atoms with Crippen LogP contribution in [0.15, 0.2) is 22.7 Å². The zero-order valence-electron chi connectivity index (χ0n) is 10.6. The van der Waals surface area contributed by atoms with Crippen molar-refractivity contribution >= 4 is 21.6 Å². The van der Waals surface area contributed by atoms with Crippen LogP contribution in [-0.4, -0.2) is 11.0 Å². The highest BCUT2D eigenvalue weighted by atomic mass is 79.9. The Hall–Kier alpha value is -0.940. The second kappa shape index (κ2) is 5.21. The number of nitrogens with zero attached hydrogens (tertiary/aromatic N) is 1. The maximum absolute atomic E-state index is 10.9. The zero-order valence-corrected chi connectivity index (χ0v) is 12.2. The van der Waals surface area contributed by atoms with E-state index in [1.807, 2.05) is 6.07 Å². The molecule has 1 aromatic rings. The van der Waals surface area contributed by atoms with Crippen LogP contribution >= 0.6 is 15.9 Å². The monoisotopic (exact) mass is 324 g/mol. The zero-order chi connectivity index (χ0) is 13.4. The largest absolute Gasteiger partial charge is 0.309 e. The average Bonchev–Trinajstić information content (AvgIpc) is 3.25. The fourth-order valence-electron chi connectivity index (χ4n) is 2.67. The van der Waals surface area contributed by atoms with Gasteiger partial charge in [-0.05, 0) is 65.1 Å². The molecule has 2 aliphatic rings. The number of nitro benzene ring substituents is 1. The lowest BCUT2D eigenvalue weighted by atomic mass is 10.1. The summed E-state index contributed by atoms with van der Waals surface area (Å²) in [5.74, 6) is 1.69. The number of hydrogen-bond donors (Lipinski definition) is 1. The Morgan fingerprint density at radius 3 is 2.47 bits per heavy atom. The molecule has 19 heavy (non-hydrogen) atoms. The number of nitro groups is 1. The molecule has 2 aliphatic carbocycles. The van der Waals surface area contributed by atoms with Crippen molar-refractivity contribution in [3.8, 4) is 0 Å². The van der Waals surface area contributed by atoms with Gasteiger partial charge in [-0.15, -0.1) is 0 Å². The molecular formula is C14H17BrN2O2. The SMILES string of the molecule is O=[N+]([O-])c1cc(CNC(C2CC2)C2CC2)ccc1Br. The Bertz CT molecular complexity index is 486. The molecule has 0 atom stereocenters. The summed E-state index contributed by atoms with van der Waals surface area (Å²) in [5.41, 5.74) is 1.13. The first-order chi connectivity index (χ1) is 9.15. The molecule has 1 aromatic carbocycles. The minimum Gasteiger partial charge on any atom is -0.309 e. The van der Waals surface area contributed by atoms with Crippen LogP contribution in [0.1, 0.15) is 31.2 Å². The number of benzene rings is 1. The normalized spacial score (nSPS) is 18.8. The topological polar surface area (TPSA) is 55.2 Å². The summed E-state index contributed by atoms with van der Waals surface area (Å²) in [6.45, 7) is 0.728. The number of halogens is 1. The van der Waals surface area contributed by atoms with Gasteiger partial charge in [-0.3, -0.25) is 10.1 Å². The van der Waals surface area contributed by atoms with Crippen molar-refractivity contribution in [1.29, 1.82) is 0 Å². The second-order valence-corrected chi connectivity index (χ2v) is 6.48. The summed E-state index contributed by atoms with van der Waals surface area (Å²) in [5, 5.41) is 14.5. The third-order valence-corrected chi connectivity index (χ3v) is 4.68. The Balaban J connectivity index is 1.65. The van der Waals surface area contributed by atoms with Gasteiger partial charge in [-0.1, -0.05) is 6.07 Å². The van der Waals surface area contributed by atoms with Gasteiger partial charge in [-0.2, -0.15) is 0 Å². The first kappa shape index (κ1) is 13.1. The molecule has 0 aliphatic heterocycles. The molecule has 0 unspecified atom stereocenters. The molecule has 0 bridgehead atoms. The predicted molar refractivity (Wildman–Crippen MR) is 76.9 cm³/mol. The van der Waals surface area contributed by atoms with E-state index in [-0.39, 0.29) is 10.6 Å². The van der Waals surface area contributed by atoms with Crippen molar-refractivity contribution < 1.29 is 4.92 Å². The summed E-state index contributed by atoms with van der Waals surface area (Å²) in [6.07, 6.45) is 5.37. The van der Waals surface area contributed by atoms with Crippen LogP contribution in [0.5, 0.6) is 0 Å². The first-order valence-electron chi connectivity index (χ1n) is 6.81. The summed E-state index contributed by atoms with van der Waals surface area (Å²) >= 11 is 3.22. The molecule has 5 heteroatoms. The molecule has 3 rings (SSSR count). The van der Waals surface area contributed by atoms with Gasteiger partial charge in [0.2, 0.25) is 0 Å². The van der Waals surface area contributed by atoms with Gasteiger partial charge >= 0.3 is 0 Å². The van der Waals surface area contributed by atoms with Crippen LogP contribution < -0.4 is 5.32 Å². The van der Waals surface area contributed by atoms with Crippen LogP contribution in [0.3, 0.4) is 0 Å². The van der Waals surface area contributed by atoms with E-state index in [4.69, 9.17) is 0 Å². The maximum Gasteiger partial charge on any atom is 0.283 e. The molecule has 1 N–H and O–H groups in total. The van der Waals surface area contributed by atoms with Crippen LogP contribution in [-0.2, 0) is 6.54 Å². The lowest BCUT2D eigenvalue weighted by molar-refractivity contribution is -0.385. The van der Waals surface area contributed by atoms with Crippen LogP contribution in [0, 0.1) is 22.0 Å². The quantitative estimate of drug-likeness (QED) is 0.642. The molecular weight excluding hydrogens is 308 g/mol. The summed E-state index contributed by atoms with van der Waals surface area (Å²) in [4.78, 5) is 10.6. The molecule has 2 fully saturated rings. The van der Waals surface area contributed by atoms with E-state index in [0.29, 0.717) is 10.5 Å². The van der Waals surface area contributed by atoms with E-state index in [0.717, 1.165) is 23.9 Å². The molecule has 0 saturated heterocycles. The Morgan fingerprint density at radius 2 is 1.95 bits per heavy atom. The van der Waals surface area contributed by atoms with Gasteiger partial charge in [-0.25, -0.2) is 0 Å². The fourth-order valence-corrected chi connectivity index (χ4v) is 3.06. The minimum atomic E-state index is -0.340. The Labute approximate surface area is 120 Å². The Morgan fingerprint density at radius 1 is 1.32 bits per heavy atom. The summed E-state index contributed by atoms with van der Waals surface area (Å²) in [6, 6.07) is 6.00. The third-order valence-electron chi connectivity index (χ3n) is 4.01. The standard InChI is InChI=1S/C14H17BrN2O2/c15-12-6-1-9(7-13(12)17(18)19)8-16-14(10-2-3-10)11-4-5-11/h1,6-7,10-11,14,16H,2-5,8H2. The second-order valence-electron chi connectivity index (χ2n) is 5.62. The van der Waals surface area contributed by atoms with E-state index in [1.54, 1.807) is 12.1 Å². The minimum absolute atomic E-state index is 0.147. The van der Waals surface area contributed by atoms with Gasteiger partial charge in [0.1, 0.15) is 0 Å². The lowest BCUT2D eigenvalue weighted by Crippen LogP contribution is -2.32.